The van der Waals surface area contributed by atoms with Gasteiger partial charge in [-0.15, -0.1) is 0 Å². The fourth-order valence-electron chi connectivity index (χ4n) is 1.94. The predicted molar refractivity (Wildman–Crippen MR) is 70.8 cm³/mol. The zero-order valence-corrected chi connectivity index (χ0v) is 11.0. The van der Waals surface area contributed by atoms with Gasteiger partial charge in [-0.25, -0.2) is 0 Å². The maximum Gasteiger partial charge on any atom is 0.261 e. The van der Waals surface area contributed by atoms with Crippen LogP contribution in [0, 0.1) is 0 Å². The molecule has 0 aliphatic carbocycles. The summed E-state index contributed by atoms with van der Waals surface area (Å²) >= 11 is 7.73. The molecule has 0 radical (unpaired) electrons. The second kappa shape index (κ2) is 4.82. The van der Waals surface area contributed by atoms with Gasteiger partial charge in [-0.1, -0.05) is 16.8 Å². The smallest absolute Gasteiger partial charge is 0.261 e. The molecule has 3 rings (SSSR count). The van der Waals surface area contributed by atoms with Crippen LogP contribution in [0.1, 0.15) is 23.9 Å². The molecule has 0 bridgehead atoms. The van der Waals surface area contributed by atoms with Crippen molar-refractivity contribution in [3.8, 4) is 17.2 Å². The first kappa shape index (κ1) is 11.9. The van der Waals surface area contributed by atoms with E-state index in [1.807, 2.05) is 11.8 Å². The van der Waals surface area contributed by atoms with Gasteiger partial charge in [-0.05, 0) is 36.8 Å². The molecule has 1 fully saturated rings. The van der Waals surface area contributed by atoms with Gasteiger partial charge in [-0.2, -0.15) is 16.7 Å². The van der Waals surface area contributed by atoms with Crippen LogP contribution in [0.15, 0.2) is 22.7 Å². The summed E-state index contributed by atoms with van der Waals surface area (Å²) in [6.07, 6.45) is 2.26. The summed E-state index contributed by atoms with van der Waals surface area (Å²) in [5.74, 6) is 2.25. The highest BCUT2D eigenvalue weighted by Gasteiger charge is 2.24. The first-order valence-electron chi connectivity index (χ1n) is 5.68. The van der Waals surface area contributed by atoms with E-state index in [1.54, 1.807) is 12.1 Å². The van der Waals surface area contributed by atoms with Gasteiger partial charge in [0.15, 0.2) is 5.82 Å². The molecule has 2 aromatic rings. The Morgan fingerprint density at radius 3 is 3.11 bits per heavy atom. The van der Waals surface area contributed by atoms with E-state index in [0.717, 1.165) is 12.2 Å². The molecule has 1 aromatic heterocycles. The molecule has 4 nitrogen and oxygen atoms in total. The lowest BCUT2D eigenvalue weighted by Gasteiger charge is -2.00. The van der Waals surface area contributed by atoms with E-state index >= 15 is 0 Å². The van der Waals surface area contributed by atoms with E-state index in [1.165, 1.54) is 12.5 Å². The lowest BCUT2D eigenvalue weighted by atomic mass is 10.2. The van der Waals surface area contributed by atoms with Gasteiger partial charge in [0.05, 0.1) is 10.8 Å². The van der Waals surface area contributed by atoms with Crippen LogP contribution in [-0.4, -0.2) is 21.0 Å². The Morgan fingerprint density at radius 2 is 2.33 bits per heavy atom. The Balaban J connectivity index is 1.94. The highest BCUT2D eigenvalue weighted by atomic mass is 35.5. The van der Waals surface area contributed by atoms with Gasteiger partial charge in [0, 0.05) is 5.02 Å². The third-order valence-electron chi connectivity index (χ3n) is 2.85. The van der Waals surface area contributed by atoms with Gasteiger partial charge < -0.3 is 9.63 Å². The Morgan fingerprint density at radius 1 is 1.44 bits per heavy atom. The summed E-state index contributed by atoms with van der Waals surface area (Å²) in [7, 11) is 0. The third-order valence-corrected chi connectivity index (χ3v) is 4.46. The summed E-state index contributed by atoms with van der Waals surface area (Å²) in [6, 6.07) is 4.76. The first-order valence-corrected chi connectivity index (χ1v) is 7.11. The SMILES string of the molecule is Oc1ccc(Cl)cc1-c1nc(C2CCCS2)no1. The monoisotopic (exact) mass is 282 g/mol. The van der Waals surface area contributed by atoms with Crippen molar-refractivity contribution in [1.29, 1.82) is 0 Å². The van der Waals surface area contributed by atoms with E-state index in [2.05, 4.69) is 10.1 Å². The zero-order valence-electron chi connectivity index (χ0n) is 9.47. The van der Waals surface area contributed by atoms with Crippen molar-refractivity contribution in [2.75, 3.05) is 5.75 Å². The number of thioether (sulfide) groups is 1. The van der Waals surface area contributed by atoms with E-state index < -0.39 is 0 Å². The number of aromatic nitrogens is 2. The largest absolute Gasteiger partial charge is 0.507 e. The number of hydrogen-bond acceptors (Lipinski definition) is 5. The Labute approximate surface area is 113 Å². The quantitative estimate of drug-likeness (QED) is 0.911. The third kappa shape index (κ3) is 2.20. The summed E-state index contributed by atoms with van der Waals surface area (Å²) in [5.41, 5.74) is 0.476. The zero-order chi connectivity index (χ0) is 12.5. The molecule has 0 saturated carbocycles. The van der Waals surface area contributed by atoms with Crippen molar-refractivity contribution in [2.24, 2.45) is 0 Å². The molecule has 18 heavy (non-hydrogen) atoms. The molecule has 1 saturated heterocycles. The highest BCUT2D eigenvalue weighted by Crippen LogP contribution is 2.39. The highest BCUT2D eigenvalue weighted by molar-refractivity contribution is 7.99. The molecule has 0 amide bonds. The van der Waals surface area contributed by atoms with Gasteiger partial charge in [-0.3, -0.25) is 0 Å². The maximum atomic E-state index is 9.77. The molecule has 94 valence electrons. The van der Waals surface area contributed by atoms with E-state index in [0.29, 0.717) is 27.6 Å². The van der Waals surface area contributed by atoms with Crippen molar-refractivity contribution >= 4 is 23.4 Å². The van der Waals surface area contributed by atoms with Crippen LogP contribution in [0.5, 0.6) is 5.75 Å². The van der Waals surface area contributed by atoms with Crippen LogP contribution >= 0.6 is 23.4 Å². The summed E-state index contributed by atoms with van der Waals surface area (Å²) in [5, 5.41) is 14.6. The minimum Gasteiger partial charge on any atom is -0.507 e. The van der Waals surface area contributed by atoms with E-state index in [9.17, 15) is 5.11 Å². The topological polar surface area (TPSA) is 59.2 Å². The molecule has 1 aliphatic rings. The van der Waals surface area contributed by atoms with Crippen LogP contribution in [0.4, 0.5) is 0 Å². The second-order valence-electron chi connectivity index (χ2n) is 4.12. The van der Waals surface area contributed by atoms with Crippen LogP contribution in [0.25, 0.3) is 11.5 Å². The molecule has 6 heteroatoms. The molecule has 1 aliphatic heterocycles. The van der Waals surface area contributed by atoms with Crippen LogP contribution in [0.2, 0.25) is 5.02 Å². The van der Waals surface area contributed by atoms with Gasteiger partial charge in [0.25, 0.3) is 5.89 Å². The number of phenolic OH excluding ortho intramolecular Hbond substituents is 1. The van der Waals surface area contributed by atoms with Crippen molar-refractivity contribution in [1.82, 2.24) is 10.1 Å². The average molecular weight is 283 g/mol. The van der Waals surface area contributed by atoms with Gasteiger partial charge >= 0.3 is 0 Å². The van der Waals surface area contributed by atoms with Crippen molar-refractivity contribution in [3.05, 3.63) is 29.0 Å². The molecule has 1 aromatic carbocycles. The molecule has 1 N–H and O–H groups in total. The average Bonchev–Trinajstić information content (AvgIpc) is 3.00. The number of rotatable bonds is 2. The summed E-state index contributed by atoms with van der Waals surface area (Å²) in [6.45, 7) is 0. The Hall–Kier alpha value is -1.20. The van der Waals surface area contributed by atoms with Crippen molar-refractivity contribution in [3.63, 3.8) is 0 Å². The minimum atomic E-state index is 0.0914. The van der Waals surface area contributed by atoms with Gasteiger partial charge in [0.1, 0.15) is 5.75 Å². The number of benzene rings is 1. The lowest BCUT2D eigenvalue weighted by Crippen LogP contribution is -1.91. The van der Waals surface area contributed by atoms with E-state index in [-0.39, 0.29) is 5.75 Å². The minimum absolute atomic E-state index is 0.0914. The van der Waals surface area contributed by atoms with E-state index in [4.69, 9.17) is 16.1 Å². The normalized spacial score (nSPS) is 19.3. The standard InChI is InChI=1S/C12H11ClN2O2S/c13-7-3-4-9(16)8(6-7)12-14-11(15-17-12)10-2-1-5-18-10/h3-4,6,10,16H,1-2,5H2. The fraction of sp³-hybridized carbons (Fsp3) is 0.333. The van der Waals surface area contributed by atoms with Crippen molar-refractivity contribution in [2.45, 2.75) is 18.1 Å². The number of aromatic hydroxyl groups is 1. The van der Waals surface area contributed by atoms with Crippen LogP contribution < -0.4 is 0 Å². The molecule has 1 atom stereocenters. The van der Waals surface area contributed by atoms with Crippen LogP contribution in [-0.2, 0) is 0 Å². The summed E-state index contributed by atoms with van der Waals surface area (Å²) in [4.78, 5) is 4.35. The van der Waals surface area contributed by atoms with Crippen molar-refractivity contribution < 1.29 is 9.63 Å². The number of halogens is 1. The molecule has 0 spiro atoms. The molecule has 1 unspecified atom stereocenters. The lowest BCUT2D eigenvalue weighted by molar-refractivity contribution is 0.416. The predicted octanol–water partition coefficient (Wildman–Crippen LogP) is 3.66. The number of hydrogen-bond donors (Lipinski definition) is 1. The molecular weight excluding hydrogens is 272 g/mol. The fourth-order valence-corrected chi connectivity index (χ4v) is 3.30. The molecule has 2 heterocycles. The number of nitrogens with zero attached hydrogens (tertiary/aromatic N) is 2. The first-order chi connectivity index (χ1) is 8.74. The van der Waals surface area contributed by atoms with Crippen LogP contribution in [0.3, 0.4) is 0 Å². The Kier molecular flexibility index (Phi) is 3.18. The van der Waals surface area contributed by atoms with Gasteiger partial charge in [0.2, 0.25) is 0 Å². The number of phenols is 1. The Bertz CT molecular complexity index is 567. The maximum absolute atomic E-state index is 9.77. The second-order valence-corrected chi connectivity index (χ2v) is 5.87. The molecular formula is C12H11ClN2O2S. The summed E-state index contributed by atoms with van der Waals surface area (Å²) < 4.78 is 5.21.